The SMILES string of the molecule is CCCc1cnc(NCc2ccccc2Cl)c2[nH]c(C)c(C)c12.Cl. The summed E-state index contributed by atoms with van der Waals surface area (Å²) >= 11 is 6.24. The van der Waals surface area contributed by atoms with E-state index in [4.69, 9.17) is 11.6 Å². The Morgan fingerprint density at radius 2 is 1.92 bits per heavy atom. The topological polar surface area (TPSA) is 40.7 Å². The fourth-order valence-electron chi connectivity index (χ4n) is 2.98. The Bertz CT molecular complexity index is 840. The minimum Gasteiger partial charge on any atom is -0.364 e. The van der Waals surface area contributed by atoms with E-state index >= 15 is 0 Å². The molecular formula is C19H23Cl2N3. The van der Waals surface area contributed by atoms with Crippen LogP contribution in [-0.2, 0) is 13.0 Å². The summed E-state index contributed by atoms with van der Waals surface area (Å²) < 4.78 is 0. The molecule has 0 atom stereocenters. The zero-order valence-electron chi connectivity index (χ0n) is 14.2. The van der Waals surface area contributed by atoms with Crippen molar-refractivity contribution in [3.05, 3.63) is 57.9 Å². The Morgan fingerprint density at radius 1 is 1.17 bits per heavy atom. The van der Waals surface area contributed by atoms with E-state index in [9.17, 15) is 0 Å². The van der Waals surface area contributed by atoms with Crippen LogP contribution in [0.3, 0.4) is 0 Å². The van der Waals surface area contributed by atoms with Gasteiger partial charge in [0.1, 0.15) is 0 Å². The van der Waals surface area contributed by atoms with Gasteiger partial charge in [0.15, 0.2) is 5.82 Å². The molecule has 3 aromatic rings. The van der Waals surface area contributed by atoms with E-state index in [1.807, 2.05) is 30.5 Å². The number of hydrogen-bond acceptors (Lipinski definition) is 2. The molecule has 2 heterocycles. The van der Waals surface area contributed by atoms with Gasteiger partial charge in [-0.25, -0.2) is 4.98 Å². The lowest BCUT2D eigenvalue weighted by molar-refractivity contribution is 0.922. The third-order valence-corrected chi connectivity index (χ3v) is 4.70. The number of benzene rings is 1. The molecule has 0 amide bonds. The Hall–Kier alpha value is -1.71. The average Bonchev–Trinajstić information content (AvgIpc) is 2.84. The van der Waals surface area contributed by atoms with Crippen LogP contribution in [0, 0.1) is 13.8 Å². The van der Waals surface area contributed by atoms with Crippen molar-refractivity contribution in [2.24, 2.45) is 0 Å². The molecule has 3 nitrogen and oxygen atoms in total. The number of nitrogens with one attached hydrogen (secondary N) is 2. The number of aryl methyl sites for hydroxylation is 3. The zero-order chi connectivity index (χ0) is 16.4. The van der Waals surface area contributed by atoms with E-state index in [-0.39, 0.29) is 12.4 Å². The number of H-pyrrole nitrogens is 1. The van der Waals surface area contributed by atoms with Crippen molar-refractivity contribution in [1.82, 2.24) is 9.97 Å². The average molecular weight is 364 g/mol. The smallest absolute Gasteiger partial charge is 0.150 e. The second-order valence-electron chi connectivity index (χ2n) is 5.95. The first-order valence-corrected chi connectivity index (χ1v) is 8.43. The van der Waals surface area contributed by atoms with Gasteiger partial charge >= 0.3 is 0 Å². The Labute approximate surface area is 154 Å². The fraction of sp³-hybridized carbons (Fsp3) is 0.316. The van der Waals surface area contributed by atoms with Crippen molar-refractivity contribution in [3.8, 4) is 0 Å². The number of anilines is 1. The Balaban J connectivity index is 0.00000208. The first-order chi connectivity index (χ1) is 11.1. The van der Waals surface area contributed by atoms with Gasteiger partial charge < -0.3 is 10.3 Å². The quantitative estimate of drug-likeness (QED) is 0.599. The van der Waals surface area contributed by atoms with E-state index in [2.05, 4.69) is 36.1 Å². The van der Waals surface area contributed by atoms with Crippen molar-refractivity contribution in [1.29, 1.82) is 0 Å². The molecule has 128 valence electrons. The summed E-state index contributed by atoms with van der Waals surface area (Å²) in [6.07, 6.45) is 4.17. The predicted molar refractivity (Wildman–Crippen MR) is 106 cm³/mol. The first-order valence-electron chi connectivity index (χ1n) is 8.05. The summed E-state index contributed by atoms with van der Waals surface area (Å²) in [6.45, 7) is 7.14. The Kier molecular flexibility index (Phi) is 6.14. The van der Waals surface area contributed by atoms with Gasteiger partial charge in [0.2, 0.25) is 0 Å². The van der Waals surface area contributed by atoms with Crippen LogP contribution in [0.2, 0.25) is 5.02 Å². The van der Waals surface area contributed by atoms with Gasteiger partial charge in [0.05, 0.1) is 5.52 Å². The van der Waals surface area contributed by atoms with Gasteiger partial charge in [-0.3, -0.25) is 0 Å². The van der Waals surface area contributed by atoms with Gasteiger partial charge in [-0.1, -0.05) is 43.1 Å². The summed E-state index contributed by atoms with van der Waals surface area (Å²) in [4.78, 5) is 8.13. The molecule has 0 aliphatic carbocycles. The number of aromatic amines is 1. The maximum atomic E-state index is 6.24. The number of nitrogens with zero attached hydrogens (tertiary/aromatic N) is 1. The van der Waals surface area contributed by atoms with Crippen LogP contribution in [0.15, 0.2) is 30.5 Å². The number of aromatic nitrogens is 2. The van der Waals surface area contributed by atoms with Gasteiger partial charge in [-0.2, -0.15) is 0 Å². The van der Waals surface area contributed by atoms with Crippen LogP contribution >= 0.6 is 24.0 Å². The molecule has 0 saturated heterocycles. The lowest BCUT2D eigenvalue weighted by Gasteiger charge is -2.10. The van der Waals surface area contributed by atoms with Crippen LogP contribution in [0.5, 0.6) is 0 Å². The molecule has 1 aromatic carbocycles. The molecule has 24 heavy (non-hydrogen) atoms. The molecule has 2 aromatic heterocycles. The number of hydrogen-bond donors (Lipinski definition) is 2. The maximum Gasteiger partial charge on any atom is 0.150 e. The third kappa shape index (κ3) is 3.52. The van der Waals surface area contributed by atoms with E-state index in [1.165, 1.54) is 22.2 Å². The molecule has 0 saturated carbocycles. The van der Waals surface area contributed by atoms with E-state index < -0.39 is 0 Å². The van der Waals surface area contributed by atoms with Crippen LogP contribution in [-0.4, -0.2) is 9.97 Å². The molecule has 0 fully saturated rings. The molecule has 5 heteroatoms. The molecule has 0 unspecified atom stereocenters. The molecule has 2 N–H and O–H groups in total. The number of rotatable bonds is 5. The second-order valence-corrected chi connectivity index (χ2v) is 6.36. The van der Waals surface area contributed by atoms with Crippen molar-refractivity contribution < 1.29 is 0 Å². The molecule has 0 spiro atoms. The van der Waals surface area contributed by atoms with E-state index in [0.717, 1.165) is 34.8 Å². The highest BCUT2D eigenvalue weighted by Gasteiger charge is 2.13. The van der Waals surface area contributed by atoms with Crippen LogP contribution in [0.4, 0.5) is 5.82 Å². The lowest BCUT2D eigenvalue weighted by Crippen LogP contribution is -2.03. The molecular weight excluding hydrogens is 341 g/mol. The highest BCUT2D eigenvalue weighted by Crippen LogP contribution is 2.30. The van der Waals surface area contributed by atoms with Crippen LogP contribution in [0.1, 0.15) is 35.7 Å². The molecule has 0 bridgehead atoms. The second kappa shape index (κ2) is 7.91. The predicted octanol–water partition coefficient (Wildman–Crippen LogP) is 5.82. The molecule has 3 rings (SSSR count). The van der Waals surface area contributed by atoms with E-state index in [1.54, 1.807) is 0 Å². The van der Waals surface area contributed by atoms with Crippen molar-refractivity contribution in [2.75, 3.05) is 5.32 Å². The van der Waals surface area contributed by atoms with Crippen molar-refractivity contribution >= 4 is 40.7 Å². The van der Waals surface area contributed by atoms with Gasteiger partial charge in [0, 0.05) is 28.8 Å². The molecule has 0 aliphatic rings. The largest absolute Gasteiger partial charge is 0.364 e. The van der Waals surface area contributed by atoms with Crippen LogP contribution in [0.25, 0.3) is 10.9 Å². The number of fused-ring (bicyclic) bond motifs is 1. The first kappa shape index (κ1) is 18.6. The monoisotopic (exact) mass is 363 g/mol. The van der Waals surface area contributed by atoms with Crippen molar-refractivity contribution in [3.63, 3.8) is 0 Å². The standard InChI is InChI=1S/C19H22ClN3.ClH/c1-4-7-15-11-22-19(18-17(15)12(2)13(3)23-18)21-10-14-8-5-6-9-16(14)20;/h5-6,8-9,11,23H,4,7,10H2,1-3H3,(H,21,22);1H. The van der Waals surface area contributed by atoms with Gasteiger partial charge in [0.25, 0.3) is 0 Å². The summed E-state index contributed by atoms with van der Waals surface area (Å²) in [7, 11) is 0. The highest BCUT2D eigenvalue weighted by molar-refractivity contribution is 6.31. The molecule has 0 aliphatic heterocycles. The summed E-state index contributed by atoms with van der Waals surface area (Å²) in [6, 6.07) is 7.89. The summed E-state index contributed by atoms with van der Waals surface area (Å²) in [5, 5.41) is 5.51. The maximum absolute atomic E-state index is 6.24. The van der Waals surface area contributed by atoms with E-state index in [0.29, 0.717) is 6.54 Å². The van der Waals surface area contributed by atoms with Gasteiger partial charge in [-0.05, 0) is 43.0 Å². The third-order valence-electron chi connectivity index (χ3n) is 4.33. The van der Waals surface area contributed by atoms with Crippen molar-refractivity contribution in [2.45, 2.75) is 40.2 Å². The van der Waals surface area contributed by atoms with Gasteiger partial charge in [-0.15, -0.1) is 12.4 Å². The number of halogens is 2. The molecule has 0 radical (unpaired) electrons. The number of pyridine rings is 1. The Morgan fingerprint density at radius 3 is 2.62 bits per heavy atom. The highest BCUT2D eigenvalue weighted by atomic mass is 35.5. The summed E-state index contributed by atoms with van der Waals surface area (Å²) in [5.41, 5.74) is 5.99. The van der Waals surface area contributed by atoms with Crippen LogP contribution < -0.4 is 5.32 Å². The minimum absolute atomic E-state index is 0. The summed E-state index contributed by atoms with van der Waals surface area (Å²) in [5.74, 6) is 0.885. The minimum atomic E-state index is 0. The lowest BCUT2D eigenvalue weighted by atomic mass is 10.0. The normalized spacial score (nSPS) is 10.7. The zero-order valence-corrected chi connectivity index (χ0v) is 15.8. The fourth-order valence-corrected chi connectivity index (χ4v) is 3.19.